The summed E-state index contributed by atoms with van der Waals surface area (Å²) in [7, 11) is 0. The minimum atomic E-state index is -1.48. The van der Waals surface area contributed by atoms with Crippen molar-refractivity contribution in [3.05, 3.63) is 33.3 Å². The van der Waals surface area contributed by atoms with Crippen molar-refractivity contribution in [1.82, 2.24) is 0 Å². The highest BCUT2D eigenvalue weighted by atomic mass is 79.9. The Labute approximate surface area is 107 Å². The highest BCUT2D eigenvalue weighted by molar-refractivity contribution is 9.10. The number of carbonyl (C=O) groups excluding carboxylic acids is 1. The monoisotopic (exact) mass is 298 g/mol. The fourth-order valence-corrected chi connectivity index (χ4v) is 2.60. The van der Waals surface area contributed by atoms with E-state index in [0.29, 0.717) is 11.1 Å². The number of hydrogen-bond acceptors (Lipinski definition) is 3. The summed E-state index contributed by atoms with van der Waals surface area (Å²) >= 11 is 3.36. The number of esters is 1. The van der Waals surface area contributed by atoms with Crippen LogP contribution in [0, 0.1) is 6.92 Å². The van der Waals surface area contributed by atoms with Crippen molar-refractivity contribution in [1.29, 1.82) is 0 Å². The van der Waals surface area contributed by atoms with Gasteiger partial charge in [0.15, 0.2) is 0 Å². The molecule has 0 radical (unpaired) electrons. The smallest absolute Gasteiger partial charge is 0.348 e. The molecule has 5 heteroatoms. The van der Waals surface area contributed by atoms with Gasteiger partial charge in [-0.1, -0.05) is 15.9 Å². The molecule has 0 bridgehead atoms. The average molecular weight is 299 g/mol. The number of ether oxygens (including phenoxy) is 1. The maximum Gasteiger partial charge on any atom is 0.348 e. The Kier molecular flexibility index (Phi) is 2.73. The third-order valence-corrected chi connectivity index (χ3v) is 3.55. The van der Waals surface area contributed by atoms with Crippen LogP contribution in [0.15, 0.2) is 16.6 Å². The molecule has 1 N–H and O–H groups in total. The van der Waals surface area contributed by atoms with Gasteiger partial charge in [-0.25, -0.2) is 9.59 Å². The zero-order chi connectivity index (χ0) is 12.8. The van der Waals surface area contributed by atoms with Crippen LogP contribution in [0.3, 0.4) is 0 Å². The predicted molar refractivity (Wildman–Crippen MR) is 64.0 cm³/mol. The fraction of sp³-hybridized carbons (Fsp3) is 0.333. The lowest BCUT2D eigenvalue weighted by molar-refractivity contribution is -0.158. The SMILES string of the molecule is Cc1cc(Br)c2c(c1)C(=O)OC(C)(C(=O)O)C2. The van der Waals surface area contributed by atoms with Crippen LogP contribution in [-0.2, 0) is 16.0 Å². The highest BCUT2D eigenvalue weighted by Gasteiger charge is 2.43. The molecular formula is C12H11BrO4. The number of benzene rings is 1. The average Bonchev–Trinajstić information content (AvgIpc) is 2.20. The quantitative estimate of drug-likeness (QED) is 0.808. The Morgan fingerprint density at radius 2 is 2.18 bits per heavy atom. The molecule has 0 fully saturated rings. The second-order valence-corrected chi connectivity index (χ2v) is 5.23. The van der Waals surface area contributed by atoms with E-state index in [1.807, 2.05) is 13.0 Å². The van der Waals surface area contributed by atoms with E-state index in [1.54, 1.807) is 6.07 Å². The number of carboxylic acids is 1. The van der Waals surface area contributed by atoms with Crippen LogP contribution in [0.5, 0.6) is 0 Å². The summed E-state index contributed by atoms with van der Waals surface area (Å²) in [6.07, 6.45) is 0.171. The second-order valence-electron chi connectivity index (χ2n) is 4.38. The molecule has 1 atom stereocenters. The molecule has 1 aromatic carbocycles. The Hall–Kier alpha value is -1.36. The van der Waals surface area contributed by atoms with Gasteiger partial charge in [-0.3, -0.25) is 0 Å². The molecule has 1 aliphatic heterocycles. The van der Waals surface area contributed by atoms with Gasteiger partial charge >= 0.3 is 11.9 Å². The Morgan fingerprint density at radius 3 is 2.76 bits per heavy atom. The van der Waals surface area contributed by atoms with Gasteiger partial charge in [0.1, 0.15) is 0 Å². The van der Waals surface area contributed by atoms with E-state index in [1.165, 1.54) is 6.92 Å². The van der Waals surface area contributed by atoms with Crippen molar-refractivity contribution in [3.8, 4) is 0 Å². The molecule has 90 valence electrons. The molecule has 0 aliphatic carbocycles. The van der Waals surface area contributed by atoms with Gasteiger partial charge in [0.25, 0.3) is 0 Å². The number of hydrogen-bond donors (Lipinski definition) is 1. The number of aryl methyl sites for hydroxylation is 1. The van der Waals surface area contributed by atoms with Crippen molar-refractivity contribution >= 4 is 27.9 Å². The molecule has 0 spiro atoms. The number of fused-ring (bicyclic) bond motifs is 1. The van der Waals surface area contributed by atoms with Crippen molar-refractivity contribution in [2.75, 3.05) is 0 Å². The van der Waals surface area contributed by atoms with Gasteiger partial charge < -0.3 is 9.84 Å². The third kappa shape index (κ3) is 1.95. The van der Waals surface area contributed by atoms with Gasteiger partial charge in [0.05, 0.1) is 5.56 Å². The maximum atomic E-state index is 11.8. The Bertz CT molecular complexity index is 523. The largest absolute Gasteiger partial charge is 0.478 e. The van der Waals surface area contributed by atoms with Gasteiger partial charge in [-0.15, -0.1) is 0 Å². The summed E-state index contributed by atoms with van der Waals surface area (Å²) in [4.78, 5) is 22.9. The van der Waals surface area contributed by atoms with Crippen LogP contribution in [0.4, 0.5) is 0 Å². The second kappa shape index (κ2) is 3.84. The van der Waals surface area contributed by atoms with E-state index in [4.69, 9.17) is 9.84 Å². The minimum Gasteiger partial charge on any atom is -0.478 e. The molecule has 0 saturated heterocycles. The fourth-order valence-electron chi connectivity index (χ4n) is 1.89. The third-order valence-electron chi connectivity index (χ3n) is 2.84. The van der Waals surface area contributed by atoms with Crippen molar-refractivity contribution < 1.29 is 19.4 Å². The Balaban J connectivity index is 2.58. The van der Waals surface area contributed by atoms with E-state index in [9.17, 15) is 9.59 Å². The first-order chi connectivity index (χ1) is 7.83. The first kappa shape index (κ1) is 12.1. The summed E-state index contributed by atoms with van der Waals surface area (Å²) < 4.78 is 5.76. The molecule has 0 saturated carbocycles. The van der Waals surface area contributed by atoms with Crippen molar-refractivity contribution in [2.24, 2.45) is 0 Å². The molecule has 1 heterocycles. The number of aliphatic carboxylic acids is 1. The van der Waals surface area contributed by atoms with E-state index >= 15 is 0 Å². The van der Waals surface area contributed by atoms with E-state index in [0.717, 1.165) is 10.0 Å². The minimum absolute atomic E-state index is 0.171. The topological polar surface area (TPSA) is 63.6 Å². The summed E-state index contributed by atoms with van der Waals surface area (Å²) in [5, 5.41) is 9.09. The molecule has 1 unspecified atom stereocenters. The van der Waals surface area contributed by atoms with Crippen molar-refractivity contribution in [3.63, 3.8) is 0 Å². The first-order valence-corrected chi connectivity index (χ1v) is 5.88. The molecular weight excluding hydrogens is 288 g/mol. The molecule has 0 aromatic heterocycles. The molecule has 1 aromatic rings. The number of cyclic esters (lactones) is 1. The zero-order valence-corrected chi connectivity index (χ0v) is 11.0. The lowest BCUT2D eigenvalue weighted by Gasteiger charge is -2.31. The summed E-state index contributed by atoms with van der Waals surface area (Å²) in [5.41, 5.74) is 0.570. The van der Waals surface area contributed by atoms with Gasteiger partial charge in [0, 0.05) is 10.9 Å². The predicted octanol–water partition coefficient (Wildman–Crippen LogP) is 2.31. The van der Waals surface area contributed by atoms with Crippen LogP contribution in [0.1, 0.15) is 28.4 Å². The molecule has 0 amide bonds. The molecule has 4 nitrogen and oxygen atoms in total. The number of halogens is 1. The summed E-state index contributed by atoms with van der Waals surface area (Å²) in [5.74, 6) is -1.72. The van der Waals surface area contributed by atoms with E-state index in [2.05, 4.69) is 15.9 Å². The maximum absolute atomic E-state index is 11.8. The van der Waals surface area contributed by atoms with E-state index in [-0.39, 0.29) is 6.42 Å². The van der Waals surface area contributed by atoms with Crippen LogP contribution in [-0.4, -0.2) is 22.6 Å². The summed E-state index contributed by atoms with van der Waals surface area (Å²) in [6.45, 7) is 3.27. The summed E-state index contributed by atoms with van der Waals surface area (Å²) in [6, 6.07) is 3.57. The highest BCUT2D eigenvalue weighted by Crippen LogP contribution is 2.33. The van der Waals surface area contributed by atoms with Crippen LogP contribution in [0.25, 0.3) is 0 Å². The number of rotatable bonds is 1. The van der Waals surface area contributed by atoms with Crippen LogP contribution >= 0.6 is 15.9 Å². The lowest BCUT2D eigenvalue weighted by Crippen LogP contribution is -2.46. The zero-order valence-electron chi connectivity index (χ0n) is 9.41. The molecule has 1 aliphatic rings. The van der Waals surface area contributed by atoms with Gasteiger partial charge in [0.2, 0.25) is 5.60 Å². The number of carbonyl (C=O) groups is 2. The normalized spacial score (nSPS) is 22.9. The van der Waals surface area contributed by atoms with Crippen molar-refractivity contribution in [2.45, 2.75) is 25.9 Å². The standard InChI is InChI=1S/C12H11BrO4/c1-6-3-7-8(9(13)4-6)5-12(2,11(15)16)17-10(7)14/h3-4H,5H2,1-2H3,(H,15,16). The van der Waals surface area contributed by atoms with Crippen LogP contribution in [0.2, 0.25) is 0 Å². The number of carboxylic acid groups (broad SMARTS) is 1. The van der Waals surface area contributed by atoms with Gasteiger partial charge in [-0.05, 0) is 37.1 Å². The Morgan fingerprint density at radius 1 is 1.53 bits per heavy atom. The van der Waals surface area contributed by atoms with Crippen LogP contribution < -0.4 is 0 Å². The lowest BCUT2D eigenvalue weighted by atomic mass is 9.89. The van der Waals surface area contributed by atoms with E-state index < -0.39 is 17.5 Å². The first-order valence-electron chi connectivity index (χ1n) is 5.09. The molecule has 17 heavy (non-hydrogen) atoms. The van der Waals surface area contributed by atoms with Gasteiger partial charge in [-0.2, -0.15) is 0 Å². The molecule has 2 rings (SSSR count).